The first-order chi connectivity index (χ1) is 25.8. The molecule has 2 unspecified atom stereocenters. The highest BCUT2D eigenvalue weighted by Gasteiger charge is 2.27. The monoisotopic (exact) mass is 660 g/mol. The van der Waals surface area contributed by atoms with Gasteiger partial charge in [0.15, 0.2) is 0 Å². The molecule has 2 aliphatic rings. The normalized spacial score (nSPS) is 16.4. The number of aromatic nitrogens is 2. The number of hydrogen-bond donors (Lipinski definition) is 0. The Kier molecular flexibility index (Phi) is 6.41. The molecule has 52 heavy (non-hydrogen) atoms. The summed E-state index contributed by atoms with van der Waals surface area (Å²) in [5, 5.41) is 8.53. The number of allylic oxidation sites excluding steroid dienone is 5. The van der Waals surface area contributed by atoms with Gasteiger partial charge in [0.05, 0.1) is 16.6 Å². The molecule has 0 N–H and O–H groups in total. The van der Waals surface area contributed by atoms with Gasteiger partial charge in [-0.05, 0) is 84.8 Å². The molecule has 0 saturated heterocycles. The number of pyridine rings is 2. The van der Waals surface area contributed by atoms with Crippen molar-refractivity contribution in [2.45, 2.75) is 5.92 Å². The standard InChI is InChI=1S/C50H32N2/c1-2-8-31(9-3-1)35-18-15-33-21-25-42-39(12-6-13-41(42)46(33)29-35)37-23-24-40-36(28-37)19-16-32-17-20-38(30-45(32)40)48-43-11-4-5-14-47(43)52-50-44(48)26-22-34-10-7-27-51-49(34)50/h1-30,36,40H. The molecule has 0 fully saturated rings. The van der Waals surface area contributed by atoms with Crippen molar-refractivity contribution < 1.29 is 0 Å². The molecule has 2 aromatic heterocycles. The van der Waals surface area contributed by atoms with E-state index in [1.807, 2.05) is 12.3 Å². The first kappa shape index (κ1) is 29.1. The van der Waals surface area contributed by atoms with Crippen molar-refractivity contribution in [1.29, 1.82) is 0 Å². The molecule has 2 aliphatic carbocycles. The van der Waals surface area contributed by atoms with E-state index >= 15 is 0 Å². The molecule has 9 aromatic rings. The highest BCUT2D eigenvalue weighted by molar-refractivity contribution is 6.16. The number of benzene rings is 7. The minimum absolute atomic E-state index is 0.259. The summed E-state index contributed by atoms with van der Waals surface area (Å²) >= 11 is 0. The van der Waals surface area contributed by atoms with Crippen LogP contribution in [0.2, 0.25) is 0 Å². The van der Waals surface area contributed by atoms with Crippen molar-refractivity contribution in [3.63, 3.8) is 0 Å². The Balaban J connectivity index is 1.01. The van der Waals surface area contributed by atoms with Crippen LogP contribution in [0.3, 0.4) is 0 Å². The predicted octanol–water partition coefficient (Wildman–Crippen LogP) is 13.0. The van der Waals surface area contributed by atoms with E-state index < -0.39 is 0 Å². The Labute approximate surface area is 301 Å². The van der Waals surface area contributed by atoms with Crippen LogP contribution in [-0.4, -0.2) is 9.97 Å². The van der Waals surface area contributed by atoms with E-state index in [0.29, 0.717) is 0 Å². The summed E-state index contributed by atoms with van der Waals surface area (Å²) in [5.74, 6) is 0.525. The molecule has 0 radical (unpaired) electrons. The minimum Gasteiger partial charge on any atom is -0.254 e. The summed E-state index contributed by atoms with van der Waals surface area (Å²) in [6, 6.07) is 52.9. The molecule has 242 valence electrons. The molecule has 2 heterocycles. The van der Waals surface area contributed by atoms with Gasteiger partial charge in [-0.2, -0.15) is 0 Å². The molecule has 11 rings (SSSR count). The van der Waals surface area contributed by atoms with E-state index in [2.05, 4.69) is 170 Å². The second kappa shape index (κ2) is 11.4. The zero-order valence-corrected chi connectivity index (χ0v) is 28.4. The molecule has 0 spiro atoms. The highest BCUT2D eigenvalue weighted by Crippen LogP contribution is 2.45. The van der Waals surface area contributed by atoms with E-state index in [4.69, 9.17) is 9.97 Å². The lowest BCUT2D eigenvalue weighted by Crippen LogP contribution is -2.14. The van der Waals surface area contributed by atoms with Gasteiger partial charge in [0.2, 0.25) is 0 Å². The second-order valence-electron chi connectivity index (χ2n) is 14.1. The van der Waals surface area contributed by atoms with E-state index in [9.17, 15) is 0 Å². The lowest BCUT2D eigenvalue weighted by molar-refractivity contribution is 0.695. The van der Waals surface area contributed by atoms with E-state index in [1.54, 1.807) is 0 Å². The fourth-order valence-electron chi connectivity index (χ4n) is 8.71. The van der Waals surface area contributed by atoms with Crippen molar-refractivity contribution in [3.8, 4) is 22.3 Å². The van der Waals surface area contributed by atoms with Gasteiger partial charge in [-0.15, -0.1) is 0 Å². The summed E-state index contributed by atoms with van der Waals surface area (Å²) in [6.45, 7) is 0. The number of hydrogen-bond acceptors (Lipinski definition) is 2. The third kappa shape index (κ3) is 4.51. The van der Waals surface area contributed by atoms with Crippen LogP contribution in [0, 0.1) is 5.92 Å². The van der Waals surface area contributed by atoms with Gasteiger partial charge < -0.3 is 0 Å². The fourth-order valence-corrected chi connectivity index (χ4v) is 8.71. The molecule has 7 aromatic carbocycles. The third-order valence-corrected chi connectivity index (χ3v) is 11.2. The third-order valence-electron chi connectivity index (χ3n) is 11.2. The number of nitrogens with zero attached hydrogens (tertiary/aromatic N) is 2. The molecule has 0 amide bonds. The summed E-state index contributed by atoms with van der Waals surface area (Å²) in [6.07, 6.45) is 13.8. The Morgan fingerprint density at radius 3 is 2.27 bits per heavy atom. The number of rotatable bonds is 3. The summed E-state index contributed by atoms with van der Waals surface area (Å²) in [4.78, 5) is 9.92. The van der Waals surface area contributed by atoms with E-state index in [0.717, 1.165) is 32.7 Å². The Morgan fingerprint density at radius 1 is 0.481 bits per heavy atom. The van der Waals surface area contributed by atoms with Gasteiger partial charge >= 0.3 is 0 Å². The first-order valence-electron chi connectivity index (χ1n) is 18.1. The average Bonchev–Trinajstić information content (AvgIpc) is 3.22. The lowest BCUT2D eigenvalue weighted by Gasteiger charge is -2.30. The molecule has 2 atom stereocenters. The predicted molar refractivity (Wildman–Crippen MR) is 219 cm³/mol. The van der Waals surface area contributed by atoms with Crippen molar-refractivity contribution in [2.75, 3.05) is 0 Å². The maximum Gasteiger partial charge on any atom is 0.0978 e. The van der Waals surface area contributed by atoms with Crippen LogP contribution in [0.4, 0.5) is 0 Å². The Morgan fingerprint density at radius 2 is 1.31 bits per heavy atom. The van der Waals surface area contributed by atoms with Crippen LogP contribution in [0.15, 0.2) is 176 Å². The van der Waals surface area contributed by atoms with Gasteiger partial charge in [0, 0.05) is 39.8 Å². The zero-order valence-electron chi connectivity index (χ0n) is 28.4. The van der Waals surface area contributed by atoms with Gasteiger partial charge in [0.25, 0.3) is 0 Å². The van der Waals surface area contributed by atoms with Crippen LogP contribution >= 0.6 is 0 Å². The van der Waals surface area contributed by atoms with Crippen molar-refractivity contribution >= 4 is 65.9 Å². The van der Waals surface area contributed by atoms with E-state index in [1.165, 1.54) is 66.1 Å². The average molecular weight is 661 g/mol. The van der Waals surface area contributed by atoms with Crippen molar-refractivity contribution in [2.24, 2.45) is 5.92 Å². The van der Waals surface area contributed by atoms with Crippen LogP contribution in [-0.2, 0) is 0 Å². The van der Waals surface area contributed by atoms with E-state index in [-0.39, 0.29) is 11.8 Å². The largest absolute Gasteiger partial charge is 0.254 e. The second-order valence-corrected chi connectivity index (χ2v) is 14.1. The lowest BCUT2D eigenvalue weighted by atomic mass is 9.74. The van der Waals surface area contributed by atoms with Crippen LogP contribution in [0.5, 0.6) is 0 Å². The molecule has 2 nitrogen and oxygen atoms in total. The molecular formula is C50H32N2. The quantitative estimate of drug-likeness (QED) is 0.139. The molecule has 0 bridgehead atoms. The first-order valence-corrected chi connectivity index (χ1v) is 18.1. The number of fused-ring (bicyclic) bond motifs is 10. The molecule has 0 saturated carbocycles. The van der Waals surface area contributed by atoms with Gasteiger partial charge in [-0.25, -0.2) is 4.98 Å². The van der Waals surface area contributed by atoms with Gasteiger partial charge in [-0.1, -0.05) is 152 Å². The molecular weight excluding hydrogens is 629 g/mol. The maximum absolute atomic E-state index is 5.15. The summed E-state index contributed by atoms with van der Waals surface area (Å²) in [5.41, 5.74) is 13.0. The van der Waals surface area contributed by atoms with Crippen molar-refractivity contribution in [3.05, 3.63) is 193 Å². The van der Waals surface area contributed by atoms with Crippen LogP contribution < -0.4 is 0 Å². The van der Waals surface area contributed by atoms with Gasteiger partial charge in [-0.3, -0.25) is 4.98 Å². The molecule has 0 aliphatic heterocycles. The highest BCUT2D eigenvalue weighted by atomic mass is 14.7. The Hall–Kier alpha value is -6.64. The topological polar surface area (TPSA) is 25.8 Å². The Bertz CT molecular complexity index is 3020. The van der Waals surface area contributed by atoms with Crippen LogP contribution in [0.1, 0.15) is 22.6 Å². The molecule has 2 heteroatoms. The van der Waals surface area contributed by atoms with Gasteiger partial charge in [0.1, 0.15) is 0 Å². The SMILES string of the molecule is C1=CC2c3cc(-c4c5ccccc5nc5c4ccc4cccnc45)ccc3C=CC2C=C1c1cccc2c1ccc1ccc(-c3ccccc3)cc12. The summed E-state index contributed by atoms with van der Waals surface area (Å²) in [7, 11) is 0. The smallest absolute Gasteiger partial charge is 0.0978 e. The van der Waals surface area contributed by atoms with Crippen LogP contribution in [0.25, 0.3) is 88.2 Å². The number of para-hydroxylation sites is 1. The minimum atomic E-state index is 0.259. The maximum atomic E-state index is 5.15. The summed E-state index contributed by atoms with van der Waals surface area (Å²) < 4.78 is 0. The zero-order chi connectivity index (χ0) is 34.2. The fraction of sp³-hybridized carbons (Fsp3) is 0.0400. The van der Waals surface area contributed by atoms with Crippen molar-refractivity contribution in [1.82, 2.24) is 9.97 Å².